The van der Waals surface area contributed by atoms with Crippen LogP contribution in [0.15, 0.2) is 164 Å². The molecule has 53 heavy (non-hydrogen) atoms. The largest absolute Gasteiger partial charge is 0.456 e. The predicted octanol–water partition coefficient (Wildman–Crippen LogP) is 11.8. The first kappa shape index (κ1) is 29.3. The van der Waals surface area contributed by atoms with Crippen molar-refractivity contribution in [2.45, 2.75) is 0 Å². The van der Waals surface area contributed by atoms with Crippen LogP contribution >= 0.6 is 22.7 Å². The third kappa shape index (κ3) is 4.23. The molecule has 0 spiro atoms. The second kappa shape index (κ2) is 11.1. The monoisotopic (exact) mass is 714 g/mol. The minimum atomic E-state index is -0.00859. The van der Waals surface area contributed by atoms with Crippen molar-refractivity contribution in [2.75, 3.05) is 9.80 Å². The van der Waals surface area contributed by atoms with E-state index in [2.05, 4.69) is 168 Å². The van der Waals surface area contributed by atoms with E-state index in [1.54, 1.807) is 0 Å². The Hall–Kier alpha value is -6.28. The highest BCUT2D eigenvalue weighted by molar-refractivity contribution is 7.39. The molecule has 0 N–H and O–H groups in total. The summed E-state index contributed by atoms with van der Waals surface area (Å²) in [4.78, 5) is 4.72. The van der Waals surface area contributed by atoms with Gasteiger partial charge in [-0.1, -0.05) is 97.1 Å². The van der Waals surface area contributed by atoms with Crippen LogP contribution in [-0.4, -0.2) is 6.71 Å². The number of nitrogens with zero attached hydrogens (tertiary/aromatic N) is 2. The Morgan fingerprint density at radius 2 is 1.15 bits per heavy atom. The van der Waals surface area contributed by atoms with Crippen LogP contribution in [0.25, 0.3) is 30.6 Å². The Morgan fingerprint density at radius 3 is 1.96 bits per heavy atom. The molecule has 2 aromatic heterocycles. The summed E-state index contributed by atoms with van der Waals surface area (Å²) in [6.07, 6.45) is 0. The number of benzene rings is 7. The van der Waals surface area contributed by atoms with Crippen molar-refractivity contribution >= 4 is 98.7 Å². The molecule has 0 saturated heterocycles. The smallest absolute Gasteiger partial charge is 0.268 e. The highest BCUT2D eigenvalue weighted by Crippen LogP contribution is 2.53. The van der Waals surface area contributed by atoms with Gasteiger partial charge < -0.3 is 19.3 Å². The first-order valence-electron chi connectivity index (χ1n) is 17.8. The molecule has 7 aromatic carbocycles. The van der Waals surface area contributed by atoms with Crippen molar-refractivity contribution in [3.8, 4) is 34.1 Å². The number of hydrogen-bond donors (Lipinski definition) is 0. The first-order valence-corrected chi connectivity index (χ1v) is 19.4. The van der Waals surface area contributed by atoms with Gasteiger partial charge in [0.25, 0.3) is 6.71 Å². The van der Waals surface area contributed by atoms with Crippen LogP contribution in [0.2, 0.25) is 0 Å². The summed E-state index contributed by atoms with van der Waals surface area (Å²) in [5.41, 5.74) is 11.0. The molecule has 5 heterocycles. The molecule has 7 heteroatoms. The molecule has 9 aromatic rings. The first-order chi connectivity index (χ1) is 26.3. The van der Waals surface area contributed by atoms with E-state index >= 15 is 0 Å². The fourth-order valence-corrected chi connectivity index (χ4v) is 11.2. The quantitative estimate of drug-likeness (QED) is 0.167. The van der Waals surface area contributed by atoms with E-state index in [0.29, 0.717) is 0 Å². The van der Waals surface area contributed by atoms with E-state index in [-0.39, 0.29) is 6.71 Å². The lowest BCUT2D eigenvalue weighted by atomic mass is 9.37. The lowest BCUT2D eigenvalue weighted by Crippen LogP contribution is -2.58. The summed E-state index contributed by atoms with van der Waals surface area (Å²) in [7, 11) is 0. The van der Waals surface area contributed by atoms with E-state index in [1.165, 1.54) is 35.2 Å². The molecular formula is C46H27BN2O2S2. The molecule has 0 aliphatic carbocycles. The zero-order valence-electron chi connectivity index (χ0n) is 28.2. The van der Waals surface area contributed by atoms with Gasteiger partial charge in [-0.05, 0) is 88.8 Å². The van der Waals surface area contributed by atoms with Crippen LogP contribution in [0.3, 0.4) is 0 Å². The van der Waals surface area contributed by atoms with Gasteiger partial charge >= 0.3 is 0 Å². The Labute approximate surface area is 314 Å². The van der Waals surface area contributed by atoms with Gasteiger partial charge in [-0.3, -0.25) is 0 Å². The number of hydrogen-bond acceptors (Lipinski definition) is 6. The van der Waals surface area contributed by atoms with E-state index in [9.17, 15) is 0 Å². The average molecular weight is 715 g/mol. The summed E-state index contributed by atoms with van der Waals surface area (Å²) in [6.45, 7) is -0.00859. The minimum Gasteiger partial charge on any atom is -0.456 e. The van der Waals surface area contributed by atoms with Crippen molar-refractivity contribution in [3.63, 3.8) is 0 Å². The summed E-state index contributed by atoms with van der Waals surface area (Å²) in [5.74, 6) is 3.46. The maximum absolute atomic E-state index is 7.16. The van der Waals surface area contributed by atoms with Gasteiger partial charge in [0.15, 0.2) is 17.2 Å². The maximum atomic E-state index is 7.16. The number of thiophene rings is 2. The Morgan fingerprint density at radius 1 is 0.453 bits per heavy atom. The molecule has 3 aliphatic heterocycles. The topological polar surface area (TPSA) is 24.9 Å². The Bertz CT molecular complexity index is 2940. The molecular weight excluding hydrogens is 687 g/mol. The molecule has 0 radical (unpaired) electrons. The highest BCUT2D eigenvalue weighted by atomic mass is 32.1. The zero-order valence-corrected chi connectivity index (χ0v) is 29.8. The standard InChI is InChI=1S/C46H27BN2O2S2/c1-3-13-28(14-4-1)29-25-37-42-40(26-29)51-43-45-44(32-17-7-12-22-41(32)52-45)53-46(43)47(42)33-24-23-31-27-36(33)49(37)35-19-9-11-21-39(35)50-38-20-10-8-18-34(38)48(31)30-15-5-2-6-16-30/h1-27H. The van der Waals surface area contributed by atoms with Crippen LogP contribution in [0, 0.1) is 0 Å². The molecule has 0 fully saturated rings. The normalized spacial score (nSPS) is 13.5. The third-order valence-electron chi connectivity index (χ3n) is 10.7. The van der Waals surface area contributed by atoms with Gasteiger partial charge in [0.2, 0.25) is 0 Å². The fraction of sp³-hybridized carbons (Fsp3) is 0. The van der Waals surface area contributed by atoms with Gasteiger partial charge in [0.1, 0.15) is 5.75 Å². The lowest BCUT2D eigenvalue weighted by molar-refractivity contribution is 0.484. The lowest BCUT2D eigenvalue weighted by Gasteiger charge is -2.41. The second-order valence-electron chi connectivity index (χ2n) is 13.6. The maximum Gasteiger partial charge on any atom is 0.268 e. The number of rotatable bonds is 2. The number of ether oxygens (including phenoxy) is 2. The fourth-order valence-electron chi connectivity index (χ4n) is 8.41. The van der Waals surface area contributed by atoms with E-state index < -0.39 is 0 Å². The number of para-hydroxylation sites is 5. The van der Waals surface area contributed by atoms with Gasteiger partial charge in [-0.25, -0.2) is 0 Å². The summed E-state index contributed by atoms with van der Waals surface area (Å²) < 4.78 is 19.2. The molecule has 0 amide bonds. The minimum absolute atomic E-state index is 0.00859. The SMILES string of the molecule is c1ccc(-c2cc3c4c(c2)N2c5ccccc5Oc5ccccc5N(c5ccccc5)c5ccc(c2c5)B4c2sc4c(sc5ccccc54)c2O3)cc1. The van der Waals surface area contributed by atoms with Crippen LogP contribution in [0.4, 0.5) is 34.1 Å². The van der Waals surface area contributed by atoms with E-state index in [1.807, 2.05) is 28.7 Å². The summed E-state index contributed by atoms with van der Waals surface area (Å²) >= 11 is 3.72. The number of fused-ring (bicyclic) bond motifs is 12. The van der Waals surface area contributed by atoms with Crippen LogP contribution in [-0.2, 0) is 0 Å². The molecule has 0 saturated carbocycles. The highest BCUT2D eigenvalue weighted by Gasteiger charge is 2.45. The van der Waals surface area contributed by atoms with E-state index in [0.717, 1.165) is 68.2 Å². The molecule has 12 rings (SSSR count). The van der Waals surface area contributed by atoms with Crippen LogP contribution in [0.5, 0.6) is 23.0 Å². The molecule has 248 valence electrons. The van der Waals surface area contributed by atoms with Crippen molar-refractivity contribution in [2.24, 2.45) is 0 Å². The zero-order chi connectivity index (χ0) is 34.6. The second-order valence-corrected chi connectivity index (χ2v) is 15.8. The van der Waals surface area contributed by atoms with Gasteiger partial charge in [0, 0.05) is 37.6 Å². The molecule has 0 atom stereocenters. The average Bonchev–Trinajstić information content (AvgIpc) is 3.76. The van der Waals surface area contributed by atoms with Crippen molar-refractivity contribution in [1.29, 1.82) is 0 Å². The molecule has 4 nitrogen and oxygen atoms in total. The van der Waals surface area contributed by atoms with Crippen molar-refractivity contribution in [1.82, 2.24) is 0 Å². The van der Waals surface area contributed by atoms with Gasteiger partial charge in [-0.15, -0.1) is 22.7 Å². The van der Waals surface area contributed by atoms with Gasteiger partial charge in [-0.2, -0.15) is 0 Å². The molecule has 3 aliphatic rings. The Balaban J connectivity index is 1.20. The number of anilines is 6. The van der Waals surface area contributed by atoms with Crippen LogP contribution < -0.4 is 35.0 Å². The van der Waals surface area contributed by atoms with Crippen LogP contribution in [0.1, 0.15) is 0 Å². The van der Waals surface area contributed by atoms with Crippen molar-refractivity contribution < 1.29 is 9.47 Å². The molecule has 0 unspecified atom stereocenters. The molecule has 2 bridgehead atoms. The van der Waals surface area contributed by atoms with E-state index in [4.69, 9.17) is 9.47 Å². The predicted molar refractivity (Wildman–Crippen MR) is 223 cm³/mol. The summed E-state index contributed by atoms with van der Waals surface area (Å²) in [6, 6.07) is 58.3. The van der Waals surface area contributed by atoms with Gasteiger partial charge in [0.05, 0.1) is 20.8 Å². The van der Waals surface area contributed by atoms with Crippen molar-refractivity contribution in [3.05, 3.63) is 164 Å². The summed E-state index contributed by atoms with van der Waals surface area (Å²) in [5, 5.41) is 1.29. The Kier molecular flexibility index (Phi) is 6.15. The third-order valence-corrected chi connectivity index (χ3v) is 13.3.